The normalized spacial score (nSPS) is 12.0. The molecule has 0 aliphatic heterocycles. The number of hydrogen-bond donors (Lipinski definition) is 5. The molecule has 0 bridgehead atoms. The fraction of sp³-hybridized carbons (Fsp3) is 0.300. The van der Waals surface area contributed by atoms with Gasteiger partial charge in [0, 0.05) is 23.4 Å². The van der Waals surface area contributed by atoms with Crippen LogP contribution in [0.2, 0.25) is 0 Å². The molecule has 0 fully saturated rings. The van der Waals surface area contributed by atoms with E-state index in [1.165, 1.54) is 12.3 Å². The molecule has 0 aliphatic rings. The molecule has 0 radical (unpaired) electrons. The Labute approximate surface area is 164 Å². The molecule has 1 aromatic heterocycles. The molecular weight excluding hydrogens is 356 g/mol. The van der Waals surface area contributed by atoms with E-state index in [4.69, 9.17) is 11.1 Å². The summed E-state index contributed by atoms with van der Waals surface area (Å²) in [5.41, 5.74) is 6.81. The fourth-order valence-electron chi connectivity index (χ4n) is 2.29. The monoisotopic (exact) mass is 382 g/mol. The average molecular weight is 382 g/mol. The SMILES string of the molecule is C[C@@H](NC(=O)Nc1cc(N)c(C(=N)NC(=O)C(C)(C)C)cn1)c1ccccc1. The van der Waals surface area contributed by atoms with Gasteiger partial charge in [0.1, 0.15) is 11.7 Å². The number of rotatable bonds is 4. The minimum Gasteiger partial charge on any atom is -0.398 e. The van der Waals surface area contributed by atoms with E-state index in [2.05, 4.69) is 20.9 Å². The molecule has 28 heavy (non-hydrogen) atoms. The van der Waals surface area contributed by atoms with Gasteiger partial charge in [0.25, 0.3) is 0 Å². The predicted octanol–water partition coefficient (Wildman–Crippen LogP) is 3.03. The van der Waals surface area contributed by atoms with Crippen LogP contribution in [-0.4, -0.2) is 22.8 Å². The van der Waals surface area contributed by atoms with Crippen molar-refractivity contribution < 1.29 is 9.59 Å². The topological polar surface area (TPSA) is 133 Å². The zero-order valence-corrected chi connectivity index (χ0v) is 16.5. The molecule has 0 saturated heterocycles. The fourth-order valence-corrected chi connectivity index (χ4v) is 2.29. The molecule has 6 N–H and O–H groups in total. The summed E-state index contributed by atoms with van der Waals surface area (Å²) >= 11 is 0. The molecule has 1 atom stereocenters. The number of amidine groups is 1. The average Bonchev–Trinajstić information content (AvgIpc) is 2.61. The Morgan fingerprint density at radius 3 is 2.39 bits per heavy atom. The van der Waals surface area contributed by atoms with E-state index in [1.54, 1.807) is 20.8 Å². The standard InChI is InChI=1S/C20H26N6O2/c1-12(13-8-6-5-7-9-13)24-19(28)25-16-10-15(21)14(11-23-16)17(22)26-18(27)20(2,3)4/h5-12H,1-4H3,(H2,22,26,27)(H4,21,23,24,25,28)/t12-/m1/s1. The van der Waals surface area contributed by atoms with Crippen LogP contribution in [0.25, 0.3) is 0 Å². The number of nitrogens with zero attached hydrogens (tertiary/aromatic N) is 1. The zero-order chi connectivity index (χ0) is 20.9. The number of hydrogen-bond acceptors (Lipinski definition) is 5. The van der Waals surface area contributed by atoms with Gasteiger partial charge in [-0.05, 0) is 12.5 Å². The molecule has 0 unspecified atom stereocenters. The number of amides is 3. The van der Waals surface area contributed by atoms with Crippen molar-refractivity contribution in [2.75, 3.05) is 11.1 Å². The van der Waals surface area contributed by atoms with Gasteiger partial charge in [0.05, 0.1) is 11.6 Å². The summed E-state index contributed by atoms with van der Waals surface area (Å²) < 4.78 is 0. The molecule has 0 saturated carbocycles. The maximum absolute atomic E-state index is 12.2. The van der Waals surface area contributed by atoms with Gasteiger partial charge in [-0.25, -0.2) is 9.78 Å². The first-order chi connectivity index (χ1) is 13.1. The van der Waals surface area contributed by atoms with E-state index in [1.807, 2.05) is 37.3 Å². The van der Waals surface area contributed by atoms with Crippen molar-refractivity contribution in [3.05, 3.63) is 53.7 Å². The van der Waals surface area contributed by atoms with Gasteiger partial charge in [0.2, 0.25) is 5.91 Å². The summed E-state index contributed by atoms with van der Waals surface area (Å²) in [7, 11) is 0. The first kappa shape index (κ1) is 20.9. The Bertz CT molecular complexity index is 874. The Morgan fingerprint density at radius 1 is 1.18 bits per heavy atom. The highest BCUT2D eigenvalue weighted by atomic mass is 16.2. The van der Waals surface area contributed by atoms with Crippen LogP contribution in [0.3, 0.4) is 0 Å². The highest BCUT2D eigenvalue weighted by molar-refractivity contribution is 6.10. The molecule has 8 nitrogen and oxygen atoms in total. The van der Waals surface area contributed by atoms with Crippen LogP contribution in [0.4, 0.5) is 16.3 Å². The van der Waals surface area contributed by atoms with Crippen LogP contribution < -0.4 is 21.7 Å². The number of carbonyl (C=O) groups is 2. The number of carbonyl (C=O) groups excluding carboxylic acids is 2. The lowest BCUT2D eigenvalue weighted by Gasteiger charge is -2.19. The van der Waals surface area contributed by atoms with E-state index in [9.17, 15) is 9.59 Å². The Balaban J connectivity index is 2.01. The molecule has 2 rings (SSSR count). The Kier molecular flexibility index (Phi) is 6.35. The maximum atomic E-state index is 12.2. The van der Waals surface area contributed by atoms with E-state index >= 15 is 0 Å². The minimum absolute atomic E-state index is 0.140. The number of pyridine rings is 1. The summed E-state index contributed by atoms with van der Waals surface area (Å²) in [6.07, 6.45) is 1.34. The van der Waals surface area contributed by atoms with Crippen molar-refractivity contribution in [1.29, 1.82) is 5.41 Å². The van der Waals surface area contributed by atoms with E-state index in [0.29, 0.717) is 0 Å². The molecule has 0 aliphatic carbocycles. The summed E-state index contributed by atoms with van der Waals surface area (Å²) in [6, 6.07) is 10.4. The van der Waals surface area contributed by atoms with Gasteiger partial charge in [0.15, 0.2) is 0 Å². The molecule has 2 aromatic rings. The number of benzene rings is 1. The van der Waals surface area contributed by atoms with Crippen LogP contribution >= 0.6 is 0 Å². The van der Waals surface area contributed by atoms with Crippen molar-refractivity contribution in [2.45, 2.75) is 33.7 Å². The lowest BCUT2D eigenvalue weighted by atomic mass is 9.95. The van der Waals surface area contributed by atoms with Gasteiger partial charge in [-0.1, -0.05) is 51.1 Å². The van der Waals surface area contributed by atoms with Crippen molar-refractivity contribution in [3.8, 4) is 0 Å². The summed E-state index contributed by atoms with van der Waals surface area (Å²) in [6.45, 7) is 7.12. The third-order valence-corrected chi connectivity index (χ3v) is 4.01. The number of nitrogens with one attached hydrogen (secondary N) is 4. The lowest BCUT2D eigenvalue weighted by molar-refractivity contribution is -0.126. The number of nitrogen functional groups attached to an aromatic ring is 1. The van der Waals surface area contributed by atoms with Crippen LogP contribution in [0, 0.1) is 10.8 Å². The largest absolute Gasteiger partial charge is 0.398 e. The van der Waals surface area contributed by atoms with Crippen LogP contribution in [-0.2, 0) is 4.79 Å². The number of anilines is 2. The second-order valence-electron chi connectivity index (χ2n) is 7.47. The van der Waals surface area contributed by atoms with Crippen LogP contribution in [0.5, 0.6) is 0 Å². The van der Waals surface area contributed by atoms with Crippen molar-refractivity contribution >= 4 is 29.3 Å². The molecule has 0 spiro atoms. The predicted molar refractivity (Wildman–Crippen MR) is 110 cm³/mol. The Morgan fingerprint density at radius 2 is 1.82 bits per heavy atom. The molecule has 8 heteroatoms. The third-order valence-electron chi connectivity index (χ3n) is 4.01. The molecular formula is C20H26N6O2. The number of aromatic nitrogens is 1. The lowest BCUT2D eigenvalue weighted by Crippen LogP contribution is -2.39. The third kappa shape index (κ3) is 5.54. The summed E-state index contributed by atoms with van der Waals surface area (Å²) in [5, 5.41) is 16.0. The number of urea groups is 1. The van der Waals surface area contributed by atoms with Crippen LogP contribution in [0.1, 0.15) is 44.9 Å². The Hall–Kier alpha value is -3.42. The molecule has 1 heterocycles. The van der Waals surface area contributed by atoms with Crippen LogP contribution in [0.15, 0.2) is 42.6 Å². The van der Waals surface area contributed by atoms with E-state index in [0.717, 1.165) is 5.56 Å². The molecule has 148 valence electrons. The second-order valence-corrected chi connectivity index (χ2v) is 7.47. The van der Waals surface area contributed by atoms with Crippen molar-refractivity contribution in [2.24, 2.45) is 5.41 Å². The highest BCUT2D eigenvalue weighted by Crippen LogP contribution is 2.18. The zero-order valence-electron chi connectivity index (χ0n) is 16.5. The smallest absolute Gasteiger partial charge is 0.320 e. The van der Waals surface area contributed by atoms with Gasteiger partial charge < -0.3 is 16.4 Å². The molecule has 1 aromatic carbocycles. The van der Waals surface area contributed by atoms with Gasteiger partial charge in [-0.2, -0.15) is 0 Å². The number of nitrogens with two attached hydrogens (primary N) is 1. The minimum atomic E-state index is -0.635. The van der Waals surface area contributed by atoms with E-state index in [-0.39, 0.29) is 34.9 Å². The quantitative estimate of drug-likeness (QED) is 0.410. The van der Waals surface area contributed by atoms with Gasteiger partial charge in [-0.3, -0.25) is 15.5 Å². The first-order valence-electron chi connectivity index (χ1n) is 8.86. The highest BCUT2D eigenvalue weighted by Gasteiger charge is 2.23. The molecule has 3 amide bonds. The first-order valence-corrected chi connectivity index (χ1v) is 8.86. The maximum Gasteiger partial charge on any atom is 0.320 e. The summed E-state index contributed by atoms with van der Waals surface area (Å²) in [5.74, 6) is -0.194. The van der Waals surface area contributed by atoms with Gasteiger partial charge in [-0.15, -0.1) is 0 Å². The summed E-state index contributed by atoms with van der Waals surface area (Å²) in [4.78, 5) is 28.3. The van der Waals surface area contributed by atoms with Crippen molar-refractivity contribution in [3.63, 3.8) is 0 Å². The van der Waals surface area contributed by atoms with Gasteiger partial charge >= 0.3 is 6.03 Å². The second kappa shape index (κ2) is 8.51. The van der Waals surface area contributed by atoms with Crippen molar-refractivity contribution in [1.82, 2.24) is 15.6 Å². The van der Waals surface area contributed by atoms with E-state index < -0.39 is 11.4 Å².